The van der Waals surface area contributed by atoms with Crippen molar-refractivity contribution in [1.82, 2.24) is 4.90 Å². The molecule has 1 aromatic rings. The number of piperidine rings is 1. The summed E-state index contributed by atoms with van der Waals surface area (Å²) in [7, 11) is 2.30. The lowest BCUT2D eigenvalue weighted by molar-refractivity contribution is 0.00274. The summed E-state index contributed by atoms with van der Waals surface area (Å²) in [5, 5.41) is 9.91. The lowest BCUT2D eigenvalue weighted by atomic mass is 9.52. The highest BCUT2D eigenvalue weighted by Crippen LogP contribution is 2.55. The Hall–Kier alpha value is -0.540. The average molecular weight is 338 g/mol. The second kappa shape index (κ2) is 5.03. The molecule has 2 nitrogen and oxygen atoms in total. The van der Waals surface area contributed by atoms with Crippen LogP contribution in [0.5, 0.6) is 5.75 Å². The molecule has 4 rings (SSSR count). The van der Waals surface area contributed by atoms with Crippen LogP contribution in [0.2, 0.25) is 0 Å². The van der Waals surface area contributed by atoms with Crippen molar-refractivity contribution < 1.29 is 5.11 Å². The molecule has 0 aromatic heterocycles. The van der Waals surface area contributed by atoms with Gasteiger partial charge in [-0.1, -0.05) is 18.9 Å². The Morgan fingerprint density at radius 2 is 2.10 bits per heavy atom. The Morgan fingerprint density at radius 3 is 2.95 bits per heavy atom. The zero-order chi connectivity index (χ0) is 13.0. The smallest absolute Gasteiger partial charge is 0.115 e. The summed E-state index contributed by atoms with van der Waals surface area (Å²) in [4.78, 5) is 2.59. The molecule has 3 atom stereocenters. The number of fused-ring (bicyclic) bond motifs is 1. The summed E-state index contributed by atoms with van der Waals surface area (Å²) in [6.07, 6.45) is 7.93. The largest absolute Gasteiger partial charge is 0.508 e. The molecule has 2 aliphatic carbocycles. The van der Waals surface area contributed by atoms with Gasteiger partial charge in [0.1, 0.15) is 5.75 Å². The van der Waals surface area contributed by atoms with Crippen molar-refractivity contribution in [3.63, 3.8) is 0 Å². The van der Waals surface area contributed by atoms with Gasteiger partial charge in [-0.3, -0.25) is 0 Å². The van der Waals surface area contributed by atoms with Crippen molar-refractivity contribution in [2.75, 3.05) is 13.6 Å². The van der Waals surface area contributed by atoms with Crippen LogP contribution in [0.1, 0.15) is 43.2 Å². The minimum Gasteiger partial charge on any atom is -0.508 e. The van der Waals surface area contributed by atoms with Gasteiger partial charge in [0.05, 0.1) is 0 Å². The number of rotatable bonds is 0. The summed E-state index contributed by atoms with van der Waals surface area (Å²) < 4.78 is 0. The standard InChI is InChI=1S/C17H23NO.BrH/c1-18-9-8-17-7-3-2-4-14(17)16(18)10-12-5-6-13(19)11-15(12)17;/h5-6,11,14,16,19H,2-4,7-10H2,1H3;1H/t14-,16?,17-;/m0./s1. The predicted molar refractivity (Wildman–Crippen MR) is 86.8 cm³/mol. The molecule has 0 spiro atoms. The van der Waals surface area contributed by atoms with Crippen molar-refractivity contribution >= 4 is 17.0 Å². The van der Waals surface area contributed by atoms with Crippen LogP contribution in [0.3, 0.4) is 0 Å². The number of nitrogens with zero attached hydrogens (tertiary/aromatic N) is 1. The lowest BCUT2D eigenvalue weighted by Crippen LogP contribution is -2.59. The van der Waals surface area contributed by atoms with Crippen molar-refractivity contribution in [1.29, 1.82) is 0 Å². The van der Waals surface area contributed by atoms with E-state index < -0.39 is 0 Å². The van der Waals surface area contributed by atoms with Crippen LogP contribution in [-0.2, 0) is 11.8 Å². The highest BCUT2D eigenvalue weighted by atomic mass is 79.9. The molecule has 2 fully saturated rings. The van der Waals surface area contributed by atoms with E-state index >= 15 is 0 Å². The third kappa shape index (κ3) is 1.86. The van der Waals surface area contributed by atoms with E-state index in [0.29, 0.717) is 11.2 Å². The monoisotopic (exact) mass is 337 g/mol. The second-order valence-corrected chi connectivity index (χ2v) is 6.85. The lowest BCUT2D eigenvalue weighted by Gasteiger charge is -2.58. The van der Waals surface area contributed by atoms with E-state index in [-0.39, 0.29) is 17.0 Å². The van der Waals surface area contributed by atoms with Crippen LogP contribution in [0, 0.1) is 5.92 Å². The van der Waals surface area contributed by atoms with Crippen molar-refractivity contribution in [3.05, 3.63) is 29.3 Å². The molecule has 20 heavy (non-hydrogen) atoms. The fraction of sp³-hybridized carbons (Fsp3) is 0.647. The number of hydrogen-bond acceptors (Lipinski definition) is 2. The molecule has 1 unspecified atom stereocenters. The normalized spacial score (nSPS) is 35.6. The first-order chi connectivity index (χ1) is 9.21. The van der Waals surface area contributed by atoms with Crippen LogP contribution >= 0.6 is 17.0 Å². The number of phenolic OH excluding ortho intramolecular Hbond substituents is 1. The maximum absolute atomic E-state index is 9.91. The van der Waals surface area contributed by atoms with Crippen LogP contribution < -0.4 is 0 Å². The Bertz CT molecular complexity index is 518. The molecular formula is C17H24BrNO. The molecule has 1 saturated carbocycles. The van der Waals surface area contributed by atoms with Crippen molar-refractivity contribution in [2.24, 2.45) is 5.92 Å². The highest BCUT2D eigenvalue weighted by Gasteiger charge is 2.52. The number of aromatic hydroxyl groups is 1. The number of likely N-dealkylation sites (N-methyl/N-ethyl adjacent to an activating group) is 1. The first-order valence-electron chi connectivity index (χ1n) is 7.73. The maximum atomic E-state index is 9.91. The van der Waals surface area contributed by atoms with Gasteiger partial charge in [0.25, 0.3) is 0 Å². The van der Waals surface area contributed by atoms with Crippen molar-refractivity contribution in [2.45, 2.75) is 50.0 Å². The average Bonchev–Trinajstić information content (AvgIpc) is 2.43. The summed E-state index contributed by atoms with van der Waals surface area (Å²) in [6.45, 7) is 1.22. The fourth-order valence-electron chi connectivity index (χ4n) is 5.18. The summed E-state index contributed by atoms with van der Waals surface area (Å²) in [5.41, 5.74) is 3.36. The summed E-state index contributed by atoms with van der Waals surface area (Å²) in [5.74, 6) is 1.27. The predicted octanol–water partition coefficient (Wildman–Crippen LogP) is 3.66. The van der Waals surface area contributed by atoms with Gasteiger partial charge in [-0.2, -0.15) is 0 Å². The molecule has 1 saturated heterocycles. The third-order valence-corrected chi connectivity index (χ3v) is 6.10. The molecule has 0 radical (unpaired) electrons. The molecular weight excluding hydrogens is 314 g/mol. The van der Waals surface area contributed by atoms with Gasteiger partial charge < -0.3 is 10.0 Å². The molecule has 1 N–H and O–H groups in total. The van der Waals surface area contributed by atoms with E-state index in [1.807, 2.05) is 6.07 Å². The van der Waals surface area contributed by atoms with E-state index in [1.165, 1.54) is 56.2 Å². The van der Waals surface area contributed by atoms with E-state index in [1.54, 1.807) is 0 Å². The van der Waals surface area contributed by atoms with Gasteiger partial charge >= 0.3 is 0 Å². The SMILES string of the molecule is Br.CN1CC[C@@]23CCCC[C@H]2C1Cc1ccc(O)cc13. The molecule has 3 heteroatoms. The van der Waals surface area contributed by atoms with E-state index in [4.69, 9.17) is 0 Å². The third-order valence-electron chi connectivity index (χ3n) is 6.10. The molecule has 1 heterocycles. The summed E-state index contributed by atoms with van der Waals surface area (Å²) >= 11 is 0. The molecule has 3 aliphatic rings. The first-order valence-corrected chi connectivity index (χ1v) is 7.73. The molecule has 0 amide bonds. The summed E-state index contributed by atoms with van der Waals surface area (Å²) in [6, 6.07) is 6.85. The molecule has 1 aliphatic heterocycles. The van der Waals surface area contributed by atoms with Gasteiger partial charge in [-0.15, -0.1) is 17.0 Å². The Morgan fingerprint density at radius 1 is 1.25 bits per heavy atom. The van der Waals surface area contributed by atoms with E-state index in [2.05, 4.69) is 24.1 Å². The number of halogens is 1. The van der Waals surface area contributed by atoms with Gasteiger partial charge in [-0.25, -0.2) is 0 Å². The number of phenols is 1. The molecule has 1 aromatic carbocycles. The van der Waals surface area contributed by atoms with Gasteiger partial charge in [0.2, 0.25) is 0 Å². The zero-order valence-electron chi connectivity index (χ0n) is 12.1. The van der Waals surface area contributed by atoms with Crippen molar-refractivity contribution in [3.8, 4) is 5.75 Å². The quantitative estimate of drug-likeness (QED) is 0.780. The Kier molecular flexibility index (Phi) is 3.62. The van der Waals surface area contributed by atoms with Crippen LogP contribution in [0.25, 0.3) is 0 Å². The first kappa shape index (κ1) is 14.4. The molecule has 2 bridgehead atoms. The van der Waals surface area contributed by atoms with E-state index in [9.17, 15) is 5.11 Å². The minimum atomic E-state index is 0. The second-order valence-electron chi connectivity index (χ2n) is 6.85. The fourth-order valence-corrected chi connectivity index (χ4v) is 5.18. The Labute approximate surface area is 131 Å². The van der Waals surface area contributed by atoms with Gasteiger partial charge in [-0.05, 0) is 68.5 Å². The Balaban J connectivity index is 0.00000121. The highest BCUT2D eigenvalue weighted by molar-refractivity contribution is 8.93. The van der Waals surface area contributed by atoms with Gasteiger partial charge in [0, 0.05) is 11.5 Å². The zero-order valence-corrected chi connectivity index (χ0v) is 13.9. The molecule has 110 valence electrons. The number of likely N-dealkylation sites (tertiary alicyclic amines) is 1. The van der Waals surface area contributed by atoms with Crippen LogP contribution in [0.15, 0.2) is 18.2 Å². The number of benzene rings is 1. The topological polar surface area (TPSA) is 23.5 Å². The van der Waals surface area contributed by atoms with Gasteiger partial charge in [0.15, 0.2) is 0 Å². The maximum Gasteiger partial charge on any atom is 0.115 e. The van der Waals surface area contributed by atoms with Crippen LogP contribution in [0.4, 0.5) is 0 Å². The number of hydrogen-bond donors (Lipinski definition) is 1. The van der Waals surface area contributed by atoms with E-state index in [0.717, 1.165) is 12.0 Å². The minimum absolute atomic E-state index is 0. The van der Waals surface area contributed by atoms with Crippen LogP contribution in [-0.4, -0.2) is 29.6 Å².